The van der Waals surface area contributed by atoms with Crippen molar-refractivity contribution in [3.05, 3.63) is 29.3 Å². The monoisotopic (exact) mass is 427 g/mol. The first kappa shape index (κ1) is 21.7. The SMILES string of the molecule is CCc1cc2cc3c(cc2nc1OC)CN1CCN(C(=O)OC(C)(C)C)C[C@@H]1CCO3. The molecule has 2 aliphatic heterocycles. The molecule has 7 heteroatoms. The number of benzene rings is 1. The lowest BCUT2D eigenvalue weighted by Crippen LogP contribution is -2.55. The third-order valence-corrected chi connectivity index (χ3v) is 5.95. The zero-order valence-electron chi connectivity index (χ0n) is 19.2. The molecule has 1 atom stereocenters. The van der Waals surface area contributed by atoms with E-state index in [1.807, 2.05) is 25.7 Å². The summed E-state index contributed by atoms with van der Waals surface area (Å²) >= 11 is 0. The van der Waals surface area contributed by atoms with Gasteiger partial charge in [-0.25, -0.2) is 9.78 Å². The van der Waals surface area contributed by atoms with E-state index in [4.69, 9.17) is 19.2 Å². The van der Waals surface area contributed by atoms with Crippen LogP contribution in [0.15, 0.2) is 18.2 Å². The zero-order chi connectivity index (χ0) is 22.2. The van der Waals surface area contributed by atoms with E-state index < -0.39 is 5.60 Å². The van der Waals surface area contributed by atoms with Crippen LogP contribution in [-0.4, -0.2) is 65.9 Å². The average Bonchev–Trinajstić information content (AvgIpc) is 2.71. The van der Waals surface area contributed by atoms with E-state index in [-0.39, 0.29) is 12.1 Å². The molecule has 1 aromatic heterocycles. The molecule has 7 nitrogen and oxygen atoms in total. The number of methoxy groups -OCH3 is 1. The van der Waals surface area contributed by atoms with Crippen LogP contribution in [0.2, 0.25) is 0 Å². The lowest BCUT2D eigenvalue weighted by Gasteiger charge is -2.42. The second-order valence-corrected chi connectivity index (χ2v) is 9.35. The number of rotatable bonds is 2. The Balaban J connectivity index is 1.56. The lowest BCUT2D eigenvalue weighted by molar-refractivity contribution is -0.00192. The maximum absolute atomic E-state index is 12.5. The van der Waals surface area contributed by atoms with Gasteiger partial charge in [0.05, 0.1) is 19.2 Å². The van der Waals surface area contributed by atoms with Crippen LogP contribution in [0.4, 0.5) is 4.79 Å². The Kier molecular flexibility index (Phi) is 5.97. The van der Waals surface area contributed by atoms with Gasteiger partial charge in [-0.1, -0.05) is 6.92 Å². The largest absolute Gasteiger partial charge is 0.493 e. The third kappa shape index (κ3) is 4.71. The summed E-state index contributed by atoms with van der Waals surface area (Å²) in [7, 11) is 1.67. The quantitative estimate of drug-likeness (QED) is 0.722. The van der Waals surface area contributed by atoms with Crippen molar-refractivity contribution in [2.45, 2.75) is 58.7 Å². The average molecular weight is 428 g/mol. The molecule has 1 aromatic carbocycles. The number of hydrogen-bond donors (Lipinski definition) is 0. The number of nitrogens with zero attached hydrogens (tertiary/aromatic N) is 3. The highest BCUT2D eigenvalue weighted by atomic mass is 16.6. The fourth-order valence-electron chi connectivity index (χ4n) is 4.35. The number of carbonyl (C=O) groups excluding carboxylic acids is 1. The van der Waals surface area contributed by atoms with Gasteiger partial charge in [0.25, 0.3) is 0 Å². The molecule has 4 rings (SSSR count). The molecule has 0 N–H and O–H groups in total. The van der Waals surface area contributed by atoms with E-state index in [2.05, 4.69) is 30.0 Å². The van der Waals surface area contributed by atoms with Gasteiger partial charge in [0.2, 0.25) is 5.88 Å². The van der Waals surface area contributed by atoms with Gasteiger partial charge in [0.1, 0.15) is 11.4 Å². The number of piperazine rings is 1. The van der Waals surface area contributed by atoms with Crippen molar-refractivity contribution in [1.82, 2.24) is 14.8 Å². The number of ether oxygens (including phenoxy) is 3. The molecule has 0 radical (unpaired) electrons. The van der Waals surface area contributed by atoms with Crippen LogP contribution in [0.3, 0.4) is 0 Å². The van der Waals surface area contributed by atoms with Crippen LogP contribution in [0.25, 0.3) is 10.9 Å². The predicted octanol–water partition coefficient (Wildman–Crippen LogP) is 4.01. The van der Waals surface area contributed by atoms with E-state index in [9.17, 15) is 4.79 Å². The van der Waals surface area contributed by atoms with Crippen LogP contribution in [-0.2, 0) is 17.7 Å². The Hall–Kier alpha value is -2.54. The lowest BCUT2D eigenvalue weighted by atomic mass is 10.0. The maximum Gasteiger partial charge on any atom is 0.410 e. The minimum atomic E-state index is -0.482. The summed E-state index contributed by atoms with van der Waals surface area (Å²) in [6, 6.07) is 6.62. The first-order chi connectivity index (χ1) is 14.8. The van der Waals surface area contributed by atoms with Crippen LogP contribution < -0.4 is 9.47 Å². The third-order valence-electron chi connectivity index (χ3n) is 5.95. The molecule has 1 fully saturated rings. The van der Waals surface area contributed by atoms with Gasteiger partial charge in [0.15, 0.2) is 0 Å². The van der Waals surface area contributed by atoms with E-state index >= 15 is 0 Å². The Morgan fingerprint density at radius 1 is 1.26 bits per heavy atom. The molecule has 0 saturated carbocycles. The molecule has 1 saturated heterocycles. The number of fused-ring (bicyclic) bond motifs is 3. The van der Waals surface area contributed by atoms with Gasteiger partial charge >= 0.3 is 6.09 Å². The molecule has 0 spiro atoms. The number of aryl methyl sites for hydroxylation is 1. The van der Waals surface area contributed by atoms with Crippen molar-refractivity contribution >= 4 is 17.0 Å². The number of pyridine rings is 1. The Morgan fingerprint density at radius 2 is 2.06 bits per heavy atom. The highest BCUT2D eigenvalue weighted by molar-refractivity contribution is 5.83. The van der Waals surface area contributed by atoms with Gasteiger partial charge < -0.3 is 19.1 Å². The summed E-state index contributed by atoms with van der Waals surface area (Å²) in [5.41, 5.74) is 2.66. The van der Waals surface area contributed by atoms with E-state index in [1.165, 1.54) is 0 Å². The summed E-state index contributed by atoms with van der Waals surface area (Å²) in [5.74, 6) is 1.61. The van der Waals surface area contributed by atoms with E-state index in [1.54, 1.807) is 7.11 Å². The molecule has 2 aromatic rings. The zero-order valence-corrected chi connectivity index (χ0v) is 19.2. The van der Waals surface area contributed by atoms with Crippen LogP contribution in [0.5, 0.6) is 11.6 Å². The summed E-state index contributed by atoms with van der Waals surface area (Å²) in [5, 5.41) is 1.07. The smallest absolute Gasteiger partial charge is 0.410 e. The van der Waals surface area contributed by atoms with Gasteiger partial charge in [-0.2, -0.15) is 0 Å². The molecule has 0 unspecified atom stereocenters. The minimum absolute atomic E-state index is 0.232. The highest BCUT2D eigenvalue weighted by Gasteiger charge is 2.33. The maximum atomic E-state index is 12.5. The van der Waals surface area contributed by atoms with Crippen molar-refractivity contribution < 1.29 is 19.0 Å². The molecular formula is C24H33N3O4. The minimum Gasteiger partial charge on any atom is -0.493 e. The number of carbonyl (C=O) groups is 1. The van der Waals surface area contributed by atoms with Gasteiger partial charge in [-0.3, -0.25) is 4.90 Å². The number of amides is 1. The van der Waals surface area contributed by atoms with Gasteiger partial charge in [-0.05, 0) is 51.8 Å². The second-order valence-electron chi connectivity index (χ2n) is 9.35. The van der Waals surface area contributed by atoms with Gasteiger partial charge in [-0.15, -0.1) is 0 Å². The molecule has 3 heterocycles. The Labute approximate surface area is 184 Å². The summed E-state index contributed by atoms with van der Waals surface area (Å²) in [6.07, 6.45) is 1.51. The Morgan fingerprint density at radius 3 is 2.77 bits per heavy atom. The second kappa shape index (κ2) is 8.54. The fraction of sp³-hybridized carbons (Fsp3) is 0.583. The summed E-state index contributed by atoms with van der Waals surface area (Å²) in [6.45, 7) is 11.3. The molecule has 0 bridgehead atoms. The fourth-order valence-corrected chi connectivity index (χ4v) is 4.35. The van der Waals surface area contributed by atoms with Crippen LogP contribution >= 0.6 is 0 Å². The van der Waals surface area contributed by atoms with Crippen molar-refractivity contribution in [3.8, 4) is 11.6 Å². The van der Waals surface area contributed by atoms with Crippen molar-refractivity contribution in [2.75, 3.05) is 33.4 Å². The molecule has 2 aliphatic rings. The van der Waals surface area contributed by atoms with Crippen molar-refractivity contribution in [2.24, 2.45) is 0 Å². The van der Waals surface area contributed by atoms with E-state index in [0.29, 0.717) is 25.6 Å². The molecule has 31 heavy (non-hydrogen) atoms. The normalized spacial score (nSPS) is 19.6. The van der Waals surface area contributed by atoms with Crippen molar-refractivity contribution in [1.29, 1.82) is 0 Å². The predicted molar refractivity (Wildman–Crippen MR) is 120 cm³/mol. The number of hydrogen-bond acceptors (Lipinski definition) is 6. The first-order valence-electron chi connectivity index (χ1n) is 11.1. The molecule has 1 amide bonds. The van der Waals surface area contributed by atoms with Crippen LogP contribution in [0, 0.1) is 0 Å². The number of aromatic nitrogens is 1. The molecular weight excluding hydrogens is 394 g/mol. The Bertz CT molecular complexity index is 969. The first-order valence-corrected chi connectivity index (χ1v) is 11.1. The van der Waals surface area contributed by atoms with Gasteiger partial charge in [0, 0.05) is 48.7 Å². The standard InChI is InChI=1S/C24H33N3O4/c1-6-16-11-17-13-21-18(12-20(17)25-22(16)29-5)14-26-8-9-27(15-19(26)7-10-30-21)23(28)31-24(2,3)4/h11-13,19H,6-10,14-15H2,1-5H3/t19-/m0/s1. The van der Waals surface area contributed by atoms with Crippen molar-refractivity contribution in [3.63, 3.8) is 0 Å². The van der Waals surface area contributed by atoms with E-state index in [0.717, 1.165) is 53.7 Å². The molecule has 0 aliphatic carbocycles. The molecule has 168 valence electrons. The summed E-state index contributed by atoms with van der Waals surface area (Å²) in [4.78, 5) is 21.5. The topological polar surface area (TPSA) is 64.1 Å². The summed E-state index contributed by atoms with van der Waals surface area (Å²) < 4.78 is 17.2. The van der Waals surface area contributed by atoms with Crippen LogP contribution in [0.1, 0.15) is 45.2 Å². The highest BCUT2D eigenvalue weighted by Crippen LogP contribution is 2.32.